The number of amides is 1. The molecule has 1 fully saturated rings. The second-order valence-electron chi connectivity index (χ2n) is 8.19. The molecule has 180 valence electrons. The van der Waals surface area contributed by atoms with Crippen molar-refractivity contribution >= 4 is 21.7 Å². The molecule has 0 saturated carbocycles. The van der Waals surface area contributed by atoms with E-state index in [1.807, 2.05) is 13.8 Å². The van der Waals surface area contributed by atoms with E-state index >= 15 is 0 Å². The number of ether oxygens (including phenoxy) is 4. The van der Waals surface area contributed by atoms with Crippen LogP contribution in [-0.2, 0) is 30.6 Å². The van der Waals surface area contributed by atoms with Gasteiger partial charge in [-0.1, -0.05) is 13.8 Å². The highest BCUT2D eigenvalue weighted by molar-refractivity contribution is 7.91. The summed E-state index contributed by atoms with van der Waals surface area (Å²) in [5.41, 5.74) is 0.792. The summed E-state index contributed by atoms with van der Waals surface area (Å²) in [4.78, 5) is 26.5. The van der Waals surface area contributed by atoms with Crippen molar-refractivity contribution in [1.29, 1.82) is 0 Å². The van der Waals surface area contributed by atoms with E-state index in [0.717, 1.165) is 5.56 Å². The number of hydrogen-bond donors (Lipinski definition) is 0. The molecule has 1 atom stereocenters. The monoisotopic (exact) mass is 471 g/mol. The lowest BCUT2D eigenvalue weighted by molar-refractivity contribution is -0.153. The summed E-state index contributed by atoms with van der Waals surface area (Å²) in [6.45, 7) is 3.92. The Bertz CT molecular complexity index is 888. The van der Waals surface area contributed by atoms with Crippen LogP contribution in [0.25, 0.3) is 0 Å². The van der Waals surface area contributed by atoms with Gasteiger partial charge in [-0.15, -0.1) is 0 Å². The van der Waals surface area contributed by atoms with Crippen LogP contribution in [0.15, 0.2) is 12.1 Å². The highest BCUT2D eigenvalue weighted by Gasteiger charge is 2.35. The number of nitrogens with zero attached hydrogens (tertiary/aromatic N) is 1. The summed E-state index contributed by atoms with van der Waals surface area (Å²) in [6, 6.07) is 3.14. The largest absolute Gasteiger partial charge is 0.493 e. The number of carbonyl (C=O) groups is 2. The van der Waals surface area contributed by atoms with Gasteiger partial charge in [0.25, 0.3) is 5.91 Å². The van der Waals surface area contributed by atoms with Crippen molar-refractivity contribution in [2.45, 2.75) is 39.2 Å². The lowest BCUT2D eigenvalue weighted by Crippen LogP contribution is -2.45. The molecule has 0 unspecified atom stereocenters. The molecule has 0 bridgehead atoms. The standard InChI is InChI=1S/C22H33NO8S/c1-15(2)12-23(17-8-9-32(26,27)14-17)20(24)13-31-21(25)7-6-16-10-18(28-3)22(30-5)19(11-16)29-4/h10-11,15,17H,6-9,12-14H2,1-5H3/t17-/m1/s1. The fourth-order valence-corrected chi connectivity index (χ4v) is 5.42. The zero-order valence-electron chi connectivity index (χ0n) is 19.4. The molecule has 1 aliphatic rings. The topological polar surface area (TPSA) is 108 Å². The van der Waals surface area contributed by atoms with E-state index in [2.05, 4.69) is 0 Å². The molecular formula is C22H33NO8S. The van der Waals surface area contributed by atoms with E-state index in [-0.39, 0.29) is 35.8 Å². The summed E-state index contributed by atoms with van der Waals surface area (Å²) >= 11 is 0. The van der Waals surface area contributed by atoms with E-state index in [1.54, 1.807) is 17.0 Å². The summed E-state index contributed by atoms with van der Waals surface area (Å²) in [7, 11) is 1.41. The molecule has 2 rings (SSSR count). The number of hydrogen-bond acceptors (Lipinski definition) is 8. The van der Waals surface area contributed by atoms with Gasteiger partial charge in [0.1, 0.15) is 0 Å². The third-order valence-corrected chi connectivity index (χ3v) is 6.98. The molecule has 1 aromatic carbocycles. The highest BCUT2D eigenvalue weighted by atomic mass is 32.2. The maximum Gasteiger partial charge on any atom is 0.306 e. The van der Waals surface area contributed by atoms with E-state index in [9.17, 15) is 18.0 Å². The molecule has 1 aliphatic heterocycles. The van der Waals surface area contributed by atoms with Gasteiger partial charge < -0.3 is 23.8 Å². The molecule has 32 heavy (non-hydrogen) atoms. The third-order valence-electron chi connectivity index (χ3n) is 5.23. The lowest BCUT2D eigenvalue weighted by Gasteiger charge is -2.29. The molecule has 1 aromatic rings. The van der Waals surface area contributed by atoms with Crippen molar-refractivity contribution in [2.24, 2.45) is 5.92 Å². The first kappa shape index (κ1) is 25.8. The smallest absolute Gasteiger partial charge is 0.306 e. The fourth-order valence-electron chi connectivity index (χ4n) is 3.69. The number of esters is 1. The Labute approximate surface area is 189 Å². The number of rotatable bonds is 11. The van der Waals surface area contributed by atoms with Gasteiger partial charge in [-0.05, 0) is 36.5 Å². The van der Waals surface area contributed by atoms with E-state index in [4.69, 9.17) is 18.9 Å². The number of benzene rings is 1. The van der Waals surface area contributed by atoms with Gasteiger partial charge in [-0.2, -0.15) is 0 Å². The first-order valence-electron chi connectivity index (χ1n) is 10.5. The van der Waals surface area contributed by atoms with Gasteiger partial charge in [0, 0.05) is 19.0 Å². The molecule has 1 saturated heterocycles. The maximum absolute atomic E-state index is 12.7. The molecule has 10 heteroatoms. The average molecular weight is 472 g/mol. The first-order valence-corrected chi connectivity index (χ1v) is 12.4. The predicted octanol–water partition coefficient (Wildman–Crippen LogP) is 1.86. The van der Waals surface area contributed by atoms with Crippen molar-refractivity contribution in [2.75, 3.05) is 46.0 Å². The van der Waals surface area contributed by atoms with E-state index in [0.29, 0.717) is 36.6 Å². The van der Waals surface area contributed by atoms with Gasteiger partial charge in [0.2, 0.25) is 5.75 Å². The molecular weight excluding hydrogens is 438 g/mol. The van der Waals surface area contributed by atoms with Crippen LogP contribution in [-0.4, -0.2) is 77.2 Å². The van der Waals surface area contributed by atoms with Crippen LogP contribution >= 0.6 is 0 Å². The summed E-state index contributed by atoms with van der Waals surface area (Å²) in [5, 5.41) is 0. The van der Waals surface area contributed by atoms with Gasteiger partial charge >= 0.3 is 5.97 Å². The van der Waals surface area contributed by atoms with Gasteiger partial charge in [0.15, 0.2) is 27.9 Å². The molecule has 0 aromatic heterocycles. The van der Waals surface area contributed by atoms with E-state index < -0.39 is 22.4 Å². The summed E-state index contributed by atoms with van der Waals surface area (Å²) < 4.78 is 44.7. The lowest BCUT2D eigenvalue weighted by atomic mass is 10.1. The predicted molar refractivity (Wildman–Crippen MR) is 119 cm³/mol. The highest BCUT2D eigenvalue weighted by Crippen LogP contribution is 2.38. The minimum absolute atomic E-state index is 0.0411. The quantitative estimate of drug-likeness (QED) is 0.450. The number of methoxy groups -OCH3 is 3. The van der Waals surface area contributed by atoms with Gasteiger partial charge in [-0.25, -0.2) is 8.42 Å². The second kappa shape index (κ2) is 11.4. The van der Waals surface area contributed by atoms with Crippen molar-refractivity contribution < 1.29 is 37.0 Å². The first-order chi connectivity index (χ1) is 15.1. The van der Waals surface area contributed by atoms with Crippen LogP contribution in [0.1, 0.15) is 32.3 Å². The Hall–Kier alpha value is -2.49. The van der Waals surface area contributed by atoms with Crippen LogP contribution in [0.4, 0.5) is 0 Å². The molecule has 0 aliphatic carbocycles. The van der Waals surface area contributed by atoms with E-state index in [1.165, 1.54) is 21.3 Å². The van der Waals surface area contributed by atoms with Gasteiger partial charge in [-0.3, -0.25) is 9.59 Å². The molecule has 0 N–H and O–H groups in total. The number of aryl methyl sites for hydroxylation is 1. The molecule has 0 spiro atoms. The van der Waals surface area contributed by atoms with Crippen LogP contribution in [0.2, 0.25) is 0 Å². The Kier molecular flexibility index (Phi) is 9.18. The molecule has 1 heterocycles. The normalized spacial score (nSPS) is 17.1. The Morgan fingerprint density at radius 3 is 2.19 bits per heavy atom. The second-order valence-corrected chi connectivity index (χ2v) is 10.4. The zero-order valence-corrected chi connectivity index (χ0v) is 20.2. The number of sulfone groups is 1. The van der Waals surface area contributed by atoms with Crippen LogP contribution in [0, 0.1) is 5.92 Å². The van der Waals surface area contributed by atoms with Crippen LogP contribution in [0.3, 0.4) is 0 Å². The minimum Gasteiger partial charge on any atom is -0.493 e. The fraction of sp³-hybridized carbons (Fsp3) is 0.636. The Balaban J connectivity index is 1.94. The summed E-state index contributed by atoms with van der Waals surface area (Å²) in [5.74, 6) is 0.749. The average Bonchev–Trinajstić information content (AvgIpc) is 3.12. The third kappa shape index (κ3) is 7.01. The molecule has 1 amide bonds. The van der Waals surface area contributed by atoms with Crippen molar-refractivity contribution in [3.8, 4) is 17.2 Å². The Morgan fingerprint density at radius 2 is 1.72 bits per heavy atom. The molecule has 0 radical (unpaired) electrons. The van der Waals surface area contributed by atoms with Crippen molar-refractivity contribution in [3.05, 3.63) is 17.7 Å². The van der Waals surface area contributed by atoms with Gasteiger partial charge in [0.05, 0.1) is 32.8 Å². The maximum atomic E-state index is 12.7. The van der Waals surface area contributed by atoms with Crippen molar-refractivity contribution in [1.82, 2.24) is 4.90 Å². The van der Waals surface area contributed by atoms with Crippen LogP contribution in [0.5, 0.6) is 17.2 Å². The van der Waals surface area contributed by atoms with Crippen molar-refractivity contribution in [3.63, 3.8) is 0 Å². The van der Waals surface area contributed by atoms with Crippen LogP contribution < -0.4 is 14.2 Å². The minimum atomic E-state index is -3.13. The number of carbonyl (C=O) groups excluding carboxylic acids is 2. The Morgan fingerprint density at radius 1 is 1.09 bits per heavy atom. The summed E-state index contributed by atoms with van der Waals surface area (Å²) in [6.07, 6.45) is 0.837. The zero-order chi connectivity index (χ0) is 23.9. The SMILES string of the molecule is COc1cc(CCC(=O)OCC(=O)N(CC(C)C)[C@@H]2CCS(=O)(=O)C2)cc(OC)c1OC. The molecule has 9 nitrogen and oxygen atoms in total.